The second-order valence-electron chi connectivity index (χ2n) is 5.19. The molecular weight excluding hydrogens is 344 g/mol. The molecule has 25 heavy (non-hydrogen) atoms. The molecule has 1 heterocycles. The maximum absolute atomic E-state index is 12.4. The number of hydrogen-bond donors (Lipinski definition) is 2. The van der Waals surface area contributed by atoms with E-state index in [1.165, 1.54) is 0 Å². The summed E-state index contributed by atoms with van der Waals surface area (Å²) < 4.78 is 6.87. The van der Waals surface area contributed by atoms with Crippen molar-refractivity contribution in [2.24, 2.45) is 0 Å². The SMILES string of the molecule is CCn1c(SCC(=O)O)nnc1C(C)NC(=O)c1ccc(OC)cc1. The van der Waals surface area contributed by atoms with Crippen molar-refractivity contribution in [1.29, 1.82) is 0 Å². The van der Waals surface area contributed by atoms with Crippen molar-refractivity contribution in [3.63, 3.8) is 0 Å². The number of aliphatic carboxylic acids is 1. The Morgan fingerprint density at radius 2 is 2.00 bits per heavy atom. The number of hydrogen-bond acceptors (Lipinski definition) is 6. The van der Waals surface area contributed by atoms with E-state index in [0.29, 0.717) is 28.8 Å². The summed E-state index contributed by atoms with van der Waals surface area (Å²) in [5.41, 5.74) is 0.510. The zero-order valence-electron chi connectivity index (χ0n) is 14.2. The highest BCUT2D eigenvalue weighted by atomic mass is 32.2. The lowest BCUT2D eigenvalue weighted by molar-refractivity contribution is -0.133. The highest BCUT2D eigenvalue weighted by molar-refractivity contribution is 7.99. The largest absolute Gasteiger partial charge is 0.497 e. The predicted molar refractivity (Wildman–Crippen MR) is 92.9 cm³/mol. The maximum Gasteiger partial charge on any atom is 0.313 e. The van der Waals surface area contributed by atoms with Gasteiger partial charge in [0.05, 0.1) is 18.9 Å². The van der Waals surface area contributed by atoms with Crippen molar-refractivity contribution < 1.29 is 19.4 Å². The minimum Gasteiger partial charge on any atom is -0.497 e. The van der Waals surface area contributed by atoms with Gasteiger partial charge in [0, 0.05) is 12.1 Å². The number of aromatic nitrogens is 3. The van der Waals surface area contributed by atoms with Gasteiger partial charge in [-0.1, -0.05) is 11.8 Å². The summed E-state index contributed by atoms with van der Waals surface area (Å²) in [5, 5.41) is 20.3. The molecule has 2 rings (SSSR count). The molecule has 0 bridgehead atoms. The third-order valence-corrected chi connectivity index (χ3v) is 4.43. The number of rotatable bonds is 8. The number of benzene rings is 1. The van der Waals surface area contributed by atoms with Crippen LogP contribution in [0.15, 0.2) is 29.4 Å². The van der Waals surface area contributed by atoms with Gasteiger partial charge in [-0.3, -0.25) is 9.59 Å². The van der Waals surface area contributed by atoms with E-state index < -0.39 is 5.97 Å². The number of thioether (sulfide) groups is 1. The lowest BCUT2D eigenvalue weighted by Gasteiger charge is -2.15. The standard InChI is InChI=1S/C16H20N4O4S/c1-4-20-14(18-19-16(20)25-9-13(21)22)10(2)17-15(23)11-5-7-12(24-3)8-6-11/h5-8,10H,4,9H2,1-3H3,(H,17,23)(H,21,22). The second-order valence-corrected chi connectivity index (χ2v) is 6.13. The van der Waals surface area contributed by atoms with Crippen LogP contribution in [0.25, 0.3) is 0 Å². The van der Waals surface area contributed by atoms with Crippen LogP contribution in [0.3, 0.4) is 0 Å². The summed E-state index contributed by atoms with van der Waals surface area (Å²) in [4.78, 5) is 23.1. The van der Waals surface area contributed by atoms with Crippen molar-refractivity contribution in [3.8, 4) is 5.75 Å². The average Bonchev–Trinajstić information content (AvgIpc) is 3.02. The van der Waals surface area contributed by atoms with E-state index in [9.17, 15) is 9.59 Å². The molecule has 9 heteroatoms. The summed E-state index contributed by atoms with van der Waals surface area (Å²) in [5.74, 6) is 0.0105. The molecule has 2 aromatic rings. The van der Waals surface area contributed by atoms with E-state index in [4.69, 9.17) is 9.84 Å². The number of ether oxygens (including phenoxy) is 1. The number of amides is 1. The molecule has 0 saturated heterocycles. The van der Waals surface area contributed by atoms with Gasteiger partial charge in [-0.25, -0.2) is 0 Å². The molecule has 1 aromatic carbocycles. The van der Waals surface area contributed by atoms with E-state index in [1.54, 1.807) is 35.9 Å². The van der Waals surface area contributed by atoms with Gasteiger partial charge in [0.15, 0.2) is 11.0 Å². The Balaban J connectivity index is 2.10. The van der Waals surface area contributed by atoms with Crippen LogP contribution in [-0.4, -0.2) is 44.6 Å². The Morgan fingerprint density at radius 3 is 2.56 bits per heavy atom. The van der Waals surface area contributed by atoms with E-state index in [1.807, 2.05) is 13.8 Å². The fourth-order valence-corrected chi connectivity index (χ4v) is 2.97. The molecule has 8 nitrogen and oxygen atoms in total. The van der Waals surface area contributed by atoms with Crippen LogP contribution < -0.4 is 10.1 Å². The molecule has 0 aliphatic carbocycles. The van der Waals surface area contributed by atoms with Crippen molar-refractivity contribution in [2.45, 2.75) is 31.6 Å². The molecule has 134 valence electrons. The molecule has 1 unspecified atom stereocenters. The van der Waals surface area contributed by atoms with Crippen LogP contribution in [0.5, 0.6) is 5.75 Å². The lowest BCUT2D eigenvalue weighted by atomic mass is 10.2. The van der Waals surface area contributed by atoms with Crippen LogP contribution >= 0.6 is 11.8 Å². The quantitative estimate of drug-likeness (QED) is 0.690. The van der Waals surface area contributed by atoms with Crippen LogP contribution in [0, 0.1) is 0 Å². The van der Waals surface area contributed by atoms with Crippen molar-refractivity contribution >= 4 is 23.6 Å². The maximum atomic E-state index is 12.4. The van der Waals surface area contributed by atoms with Gasteiger partial charge in [-0.05, 0) is 38.1 Å². The number of nitrogens with zero attached hydrogens (tertiary/aromatic N) is 3. The highest BCUT2D eigenvalue weighted by Crippen LogP contribution is 2.21. The minimum atomic E-state index is -0.918. The summed E-state index contributed by atoms with van der Waals surface area (Å²) in [7, 11) is 1.56. The molecule has 0 aliphatic heterocycles. The Kier molecular flexibility index (Phi) is 6.40. The number of carbonyl (C=O) groups is 2. The zero-order valence-corrected chi connectivity index (χ0v) is 15.0. The Hall–Kier alpha value is -2.55. The van der Waals surface area contributed by atoms with Crippen LogP contribution in [-0.2, 0) is 11.3 Å². The lowest BCUT2D eigenvalue weighted by Crippen LogP contribution is -2.28. The van der Waals surface area contributed by atoms with Gasteiger partial charge in [-0.15, -0.1) is 10.2 Å². The third-order valence-electron chi connectivity index (χ3n) is 3.47. The predicted octanol–water partition coefficient (Wildman–Crippen LogP) is 1.97. The van der Waals surface area contributed by atoms with Gasteiger partial charge >= 0.3 is 5.97 Å². The minimum absolute atomic E-state index is 0.0925. The molecule has 1 aromatic heterocycles. The number of nitrogens with one attached hydrogen (secondary N) is 1. The molecule has 2 N–H and O–H groups in total. The van der Waals surface area contributed by atoms with Gasteiger partial charge in [0.1, 0.15) is 5.75 Å². The van der Waals surface area contributed by atoms with E-state index in [2.05, 4.69) is 15.5 Å². The highest BCUT2D eigenvalue weighted by Gasteiger charge is 2.20. The summed E-state index contributed by atoms with van der Waals surface area (Å²) >= 11 is 1.10. The van der Waals surface area contributed by atoms with E-state index in [0.717, 1.165) is 11.8 Å². The first-order chi connectivity index (χ1) is 12.0. The van der Waals surface area contributed by atoms with E-state index >= 15 is 0 Å². The smallest absolute Gasteiger partial charge is 0.313 e. The molecular formula is C16H20N4O4S. The number of carboxylic acid groups (broad SMARTS) is 1. The van der Waals surface area contributed by atoms with E-state index in [-0.39, 0.29) is 17.7 Å². The normalized spacial score (nSPS) is 11.8. The van der Waals surface area contributed by atoms with Crippen molar-refractivity contribution in [3.05, 3.63) is 35.7 Å². The Bertz CT molecular complexity index is 745. The first-order valence-corrected chi connectivity index (χ1v) is 8.67. The van der Waals surface area contributed by atoms with Crippen LogP contribution in [0.2, 0.25) is 0 Å². The molecule has 1 amide bonds. The first kappa shape index (κ1) is 18.8. The monoisotopic (exact) mass is 364 g/mol. The van der Waals surface area contributed by atoms with Gasteiger partial charge in [-0.2, -0.15) is 0 Å². The molecule has 0 fully saturated rings. The van der Waals surface area contributed by atoms with Crippen molar-refractivity contribution in [2.75, 3.05) is 12.9 Å². The van der Waals surface area contributed by atoms with Crippen LogP contribution in [0.1, 0.15) is 36.1 Å². The number of carboxylic acids is 1. The summed E-state index contributed by atoms with van der Waals surface area (Å²) in [6.07, 6.45) is 0. The summed E-state index contributed by atoms with van der Waals surface area (Å²) in [6.45, 7) is 4.30. The van der Waals surface area contributed by atoms with Crippen molar-refractivity contribution in [1.82, 2.24) is 20.1 Å². The first-order valence-electron chi connectivity index (χ1n) is 7.68. The Labute approximate surface area is 149 Å². The second kappa shape index (κ2) is 8.52. The molecule has 0 aliphatic rings. The fraction of sp³-hybridized carbons (Fsp3) is 0.375. The topological polar surface area (TPSA) is 106 Å². The third kappa shape index (κ3) is 4.72. The molecule has 0 spiro atoms. The number of methoxy groups -OCH3 is 1. The Morgan fingerprint density at radius 1 is 1.32 bits per heavy atom. The summed E-state index contributed by atoms with van der Waals surface area (Å²) in [6, 6.07) is 6.42. The van der Waals surface area contributed by atoms with Gasteiger partial charge in [0.2, 0.25) is 0 Å². The number of carbonyl (C=O) groups excluding carboxylic acids is 1. The molecule has 1 atom stereocenters. The molecule has 0 saturated carbocycles. The molecule has 0 radical (unpaired) electrons. The average molecular weight is 364 g/mol. The van der Waals surface area contributed by atoms with Gasteiger partial charge < -0.3 is 19.7 Å². The van der Waals surface area contributed by atoms with Crippen LogP contribution in [0.4, 0.5) is 0 Å². The van der Waals surface area contributed by atoms with Gasteiger partial charge in [0.25, 0.3) is 5.91 Å². The zero-order chi connectivity index (χ0) is 18.4. The fourth-order valence-electron chi connectivity index (χ4n) is 2.24.